The molecule has 2 rings (SSSR count). The molecule has 0 radical (unpaired) electrons. The van der Waals surface area contributed by atoms with Crippen LogP contribution in [0.2, 0.25) is 0 Å². The van der Waals surface area contributed by atoms with Crippen LogP contribution in [-0.4, -0.2) is 58.5 Å². The van der Waals surface area contributed by atoms with Crippen molar-refractivity contribution in [1.82, 2.24) is 10.2 Å². The van der Waals surface area contributed by atoms with Crippen LogP contribution in [0.5, 0.6) is 11.5 Å². The van der Waals surface area contributed by atoms with E-state index in [0.29, 0.717) is 0 Å². The molecule has 1 unspecified atom stereocenters. The summed E-state index contributed by atoms with van der Waals surface area (Å²) < 4.78 is 16.3. The van der Waals surface area contributed by atoms with E-state index >= 15 is 0 Å². The number of morpholine rings is 1. The van der Waals surface area contributed by atoms with Gasteiger partial charge in [-0.05, 0) is 24.7 Å². The predicted octanol–water partition coefficient (Wildman–Crippen LogP) is 1.12. The predicted molar refractivity (Wildman–Crippen MR) is 78.5 cm³/mol. The fourth-order valence-electron chi connectivity index (χ4n) is 2.42. The maximum atomic E-state index is 5.72. The minimum absolute atomic E-state index is 0.265. The summed E-state index contributed by atoms with van der Waals surface area (Å²) in [7, 11) is 5.44. The van der Waals surface area contributed by atoms with E-state index in [2.05, 4.69) is 17.3 Å². The molecule has 5 heteroatoms. The van der Waals surface area contributed by atoms with Crippen molar-refractivity contribution < 1.29 is 14.2 Å². The maximum absolute atomic E-state index is 5.72. The van der Waals surface area contributed by atoms with Gasteiger partial charge in [0.2, 0.25) is 0 Å². The van der Waals surface area contributed by atoms with Crippen LogP contribution in [0.15, 0.2) is 18.2 Å². The van der Waals surface area contributed by atoms with Crippen molar-refractivity contribution in [3.8, 4) is 11.5 Å². The molecule has 0 aliphatic carbocycles. The van der Waals surface area contributed by atoms with Crippen LogP contribution in [-0.2, 0) is 11.3 Å². The third kappa shape index (κ3) is 4.37. The van der Waals surface area contributed by atoms with Crippen molar-refractivity contribution in [2.24, 2.45) is 0 Å². The number of methoxy groups -OCH3 is 2. The molecule has 5 nitrogen and oxygen atoms in total. The van der Waals surface area contributed by atoms with Gasteiger partial charge in [0.1, 0.15) is 11.5 Å². The van der Waals surface area contributed by atoms with Gasteiger partial charge in [-0.1, -0.05) is 0 Å². The number of rotatable bonds is 6. The van der Waals surface area contributed by atoms with Gasteiger partial charge in [-0.25, -0.2) is 0 Å². The molecule has 20 heavy (non-hydrogen) atoms. The summed E-state index contributed by atoms with van der Waals surface area (Å²) in [5, 5.41) is 3.35. The lowest BCUT2D eigenvalue weighted by molar-refractivity contribution is 0.00884. The van der Waals surface area contributed by atoms with E-state index in [0.717, 1.165) is 44.3 Å². The average Bonchev–Trinajstić information content (AvgIpc) is 2.47. The number of benzene rings is 1. The first-order chi connectivity index (χ1) is 9.71. The van der Waals surface area contributed by atoms with Crippen molar-refractivity contribution >= 4 is 0 Å². The summed E-state index contributed by atoms with van der Waals surface area (Å²) in [6.07, 6.45) is 0.265. The maximum Gasteiger partial charge on any atom is 0.122 e. The highest BCUT2D eigenvalue weighted by Crippen LogP contribution is 2.23. The normalized spacial score (nSPS) is 19.1. The third-order valence-electron chi connectivity index (χ3n) is 3.38. The lowest BCUT2D eigenvalue weighted by atomic mass is 10.2. The van der Waals surface area contributed by atoms with Crippen molar-refractivity contribution in [2.75, 3.05) is 47.5 Å². The van der Waals surface area contributed by atoms with E-state index in [4.69, 9.17) is 14.2 Å². The van der Waals surface area contributed by atoms with E-state index in [1.807, 2.05) is 18.2 Å². The molecule has 112 valence electrons. The molecular formula is C15H24N2O3. The van der Waals surface area contributed by atoms with Crippen LogP contribution in [0.1, 0.15) is 5.56 Å². The molecule has 1 heterocycles. The zero-order valence-corrected chi connectivity index (χ0v) is 12.5. The standard InChI is InChI=1S/C15H24N2O3/c1-17(11-15-9-16-4-5-20-15)10-12-6-13(18-2)8-14(7-12)19-3/h6-8,15-16H,4-5,9-11H2,1-3H3. The van der Waals surface area contributed by atoms with Crippen molar-refractivity contribution in [3.05, 3.63) is 23.8 Å². The van der Waals surface area contributed by atoms with Crippen LogP contribution in [0, 0.1) is 0 Å². The van der Waals surface area contributed by atoms with Crippen LogP contribution in [0.25, 0.3) is 0 Å². The van der Waals surface area contributed by atoms with Gasteiger partial charge in [0.25, 0.3) is 0 Å². The lowest BCUT2D eigenvalue weighted by Gasteiger charge is -2.28. The second kappa shape index (κ2) is 7.47. The topological polar surface area (TPSA) is 43.0 Å². The van der Waals surface area contributed by atoms with Gasteiger partial charge in [0, 0.05) is 32.2 Å². The van der Waals surface area contributed by atoms with Crippen molar-refractivity contribution in [1.29, 1.82) is 0 Å². The van der Waals surface area contributed by atoms with Gasteiger partial charge >= 0.3 is 0 Å². The van der Waals surface area contributed by atoms with E-state index in [9.17, 15) is 0 Å². The van der Waals surface area contributed by atoms with E-state index < -0.39 is 0 Å². The number of hydrogen-bond donors (Lipinski definition) is 1. The first-order valence-electron chi connectivity index (χ1n) is 6.94. The molecule has 1 fully saturated rings. The summed E-state index contributed by atoms with van der Waals surface area (Å²) in [6, 6.07) is 5.97. The van der Waals surface area contributed by atoms with Gasteiger partial charge in [0.15, 0.2) is 0 Å². The zero-order valence-electron chi connectivity index (χ0n) is 12.5. The first kappa shape index (κ1) is 15.1. The van der Waals surface area contributed by atoms with Gasteiger partial charge in [-0.15, -0.1) is 0 Å². The lowest BCUT2D eigenvalue weighted by Crippen LogP contribution is -2.44. The number of likely N-dealkylation sites (N-methyl/N-ethyl adjacent to an activating group) is 1. The van der Waals surface area contributed by atoms with E-state index in [1.54, 1.807) is 14.2 Å². The first-order valence-corrected chi connectivity index (χ1v) is 6.94. The highest BCUT2D eigenvalue weighted by molar-refractivity contribution is 5.38. The number of nitrogens with zero attached hydrogens (tertiary/aromatic N) is 1. The van der Waals surface area contributed by atoms with Crippen molar-refractivity contribution in [3.63, 3.8) is 0 Å². The molecule has 1 aromatic carbocycles. The number of hydrogen-bond acceptors (Lipinski definition) is 5. The van der Waals surface area contributed by atoms with Gasteiger partial charge < -0.3 is 19.5 Å². The summed E-state index contributed by atoms with van der Waals surface area (Å²) in [5.74, 6) is 1.65. The van der Waals surface area contributed by atoms with Crippen LogP contribution >= 0.6 is 0 Å². The molecule has 0 aromatic heterocycles. The third-order valence-corrected chi connectivity index (χ3v) is 3.38. The molecule has 1 aliphatic heterocycles. The Balaban J connectivity index is 1.93. The Morgan fingerprint density at radius 2 is 1.95 bits per heavy atom. The summed E-state index contributed by atoms with van der Waals surface area (Å²) in [6.45, 7) is 4.42. The van der Waals surface area contributed by atoms with E-state index in [-0.39, 0.29) is 6.10 Å². The smallest absolute Gasteiger partial charge is 0.122 e. The summed E-state index contributed by atoms with van der Waals surface area (Å²) in [5.41, 5.74) is 1.17. The van der Waals surface area contributed by atoms with Gasteiger partial charge in [-0.2, -0.15) is 0 Å². The largest absolute Gasteiger partial charge is 0.497 e. The molecule has 0 bridgehead atoms. The highest BCUT2D eigenvalue weighted by Gasteiger charge is 2.15. The highest BCUT2D eigenvalue weighted by atomic mass is 16.5. The quantitative estimate of drug-likeness (QED) is 0.846. The monoisotopic (exact) mass is 280 g/mol. The summed E-state index contributed by atoms with van der Waals surface area (Å²) in [4.78, 5) is 2.26. The molecule has 1 N–H and O–H groups in total. The molecule has 1 saturated heterocycles. The fourth-order valence-corrected chi connectivity index (χ4v) is 2.42. The zero-order chi connectivity index (χ0) is 14.4. The van der Waals surface area contributed by atoms with Crippen LogP contribution < -0.4 is 14.8 Å². The van der Waals surface area contributed by atoms with Gasteiger partial charge in [0.05, 0.1) is 26.9 Å². The molecule has 0 saturated carbocycles. The second-order valence-corrected chi connectivity index (χ2v) is 5.11. The van der Waals surface area contributed by atoms with E-state index in [1.165, 1.54) is 5.56 Å². The molecular weight excluding hydrogens is 256 g/mol. The molecule has 0 spiro atoms. The minimum atomic E-state index is 0.265. The molecule has 1 aromatic rings. The van der Waals surface area contributed by atoms with Crippen molar-refractivity contribution in [2.45, 2.75) is 12.6 Å². The SMILES string of the molecule is COc1cc(CN(C)CC2CNCCO2)cc(OC)c1. The van der Waals surface area contributed by atoms with Crippen LogP contribution in [0.4, 0.5) is 0 Å². The van der Waals surface area contributed by atoms with Gasteiger partial charge in [-0.3, -0.25) is 4.90 Å². The summed E-state index contributed by atoms with van der Waals surface area (Å²) >= 11 is 0. The molecule has 0 amide bonds. The fraction of sp³-hybridized carbons (Fsp3) is 0.600. The Labute approximate surface area is 120 Å². The molecule has 1 aliphatic rings. The Hall–Kier alpha value is -1.30. The Kier molecular flexibility index (Phi) is 5.64. The minimum Gasteiger partial charge on any atom is -0.497 e. The van der Waals surface area contributed by atoms with Crippen LogP contribution in [0.3, 0.4) is 0 Å². The molecule has 1 atom stereocenters. The second-order valence-electron chi connectivity index (χ2n) is 5.11. The number of nitrogens with one attached hydrogen (secondary N) is 1. The Morgan fingerprint density at radius 1 is 1.25 bits per heavy atom. The Bertz CT molecular complexity index is 397. The number of ether oxygens (including phenoxy) is 3. The Morgan fingerprint density at radius 3 is 2.50 bits per heavy atom. The average molecular weight is 280 g/mol.